The average molecular weight is 579 g/mol. The first kappa shape index (κ1) is 29.1. The van der Waals surface area contributed by atoms with E-state index in [4.69, 9.17) is 14.9 Å². The maximum atomic E-state index is 13.8. The Hall–Kier alpha value is -4.45. The summed E-state index contributed by atoms with van der Waals surface area (Å²) in [4.78, 5) is 36.2. The van der Waals surface area contributed by atoms with Crippen molar-refractivity contribution in [2.75, 3.05) is 11.4 Å². The van der Waals surface area contributed by atoms with Crippen LogP contribution in [0, 0.1) is 5.92 Å². The smallest absolute Gasteiger partial charge is 0.416 e. The number of alkyl halides is 2. The summed E-state index contributed by atoms with van der Waals surface area (Å²) in [5, 5.41) is 4.01. The Kier molecular flexibility index (Phi) is 8.17. The minimum absolute atomic E-state index is 0.0226. The number of hydrogen-bond acceptors (Lipinski definition) is 8. The monoisotopic (exact) mass is 578 g/mol. The number of benzene rings is 1. The van der Waals surface area contributed by atoms with Gasteiger partial charge in [0.05, 0.1) is 5.69 Å². The molecule has 10 nitrogen and oxygen atoms in total. The van der Waals surface area contributed by atoms with Crippen molar-refractivity contribution in [2.45, 2.75) is 58.6 Å². The van der Waals surface area contributed by atoms with Gasteiger partial charge in [0.1, 0.15) is 29.1 Å². The Morgan fingerprint density at radius 2 is 1.93 bits per heavy atom. The lowest BCUT2D eigenvalue weighted by atomic mass is 10.1. The summed E-state index contributed by atoms with van der Waals surface area (Å²) in [6.45, 7) is 6.21. The van der Waals surface area contributed by atoms with Gasteiger partial charge in [-0.2, -0.15) is 5.10 Å². The van der Waals surface area contributed by atoms with Gasteiger partial charge in [-0.25, -0.2) is 28.2 Å². The number of Topliss-reactive ketones (excluding diaryl/α,β-unsaturated/α-hetero) is 1. The molecule has 1 saturated carbocycles. The molecule has 220 valence electrons. The van der Waals surface area contributed by atoms with E-state index in [0.717, 1.165) is 18.4 Å². The van der Waals surface area contributed by atoms with Gasteiger partial charge in [-0.15, -0.1) is 0 Å². The number of hydrogen-bond donors (Lipinski definition) is 1. The Morgan fingerprint density at radius 3 is 2.57 bits per heavy atom. The molecule has 0 saturated heterocycles. The number of oxazole rings is 1. The molecule has 3 heterocycles. The fraction of sp³-hybridized carbons (Fsp3) is 0.367. The minimum atomic E-state index is -2.87. The summed E-state index contributed by atoms with van der Waals surface area (Å²) in [6.07, 6.45) is 2.45. The number of carbonyl (C=O) groups is 2. The van der Waals surface area contributed by atoms with E-state index in [1.807, 2.05) is 0 Å². The van der Waals surface area contributed by atoms with Gasteiger partial charge < -0.3 is 14.9 Å². The van der Waals surface area contributed by atoms with Crippen LogP contribution in [0.4, 0.5) is 19.4 Å². The number of halogens is 2. The first-order valence-corrected chi connectivity index (χ1v) is 13.6. The number of ketones is 1. The van der Waals surface area contributed by atoms with Gasteiger partial charge in [-0.05, 0) is 69.4 Å². The number of pyridine rings is 1. The van der Waals surface area contributed by atoms with Gasteiger partial charge in [0.25, 0.3) is 6.43 Å². The normalized spacial score (nSPS) is 13.4. The van der Waals surface area contributed by atoms with Crippen LogP contribution in [0.2, 0.25) is 0 Å². The van der Waals surface area contributed by atoms with Crippen molar-refractivity contribution in [2.24, 2.45) is 11.7 Å². The molecule has 1 fully saturated rings. The van der Waals surface area contributed by atoms with Crippen LogP contribution in [-0.4, -0.2) is 43.8 Å². The number of nitrogens with two attached hydrogens (primary N) is 1. The van der Waals surface area contributed by atoms with Crippen LogP contribution in [0.5, 0.6) is 0 Å². The van der Waals surface area contributed by atoms with Crippen LogP contribution in [0.15, 0.2) is 59.5 Å². The molecule has 0 bridgehead atoms. The molecule has 0 unspecified atom stereocenters. The molecule has 1 aliphatic rings. The quantitative estimate of drug-likeness (QED) is 0.231. The highest BCUT2D eigenvalue weighted by molar-refractivity contribution is 5.96. The fourth-order valence-corrected chi connectivity index (χ4v) is 4.29. The van der Waals surface area contributed by atoms with Crippen molar-refractivity contribution in [3.05, 3.63) is 77.6 Å². The predicted octanol–water partition coefficient (Wildman–Crippen LogP) is 5.90. The Labute approximate surface area is 241 Å². The predicted molar refractivity (Wildman–Crippen MR) is 150 cm³/mol. The van der Waals surface area contributed by atoms with Crippen molar-refractivity contribution >= 4 is 17.7 Å². The highest BCUT2D eigenvalue weighted by Crippen LogP contribution is 2.33. The summed E-state index contributed by atoms with van der Waals surface area (Å²) in [7, 11) is 0. The van der Waals surface area contributed by atoms with Crippen LogP contribution in [-0.2, 0) is 17.7 Å². The molecule has 0 atom stereocenters. The molecule has 3 aromatic heterocycles. The van der Waals surface area contributed by atoms with Gasteiger partial charge in [-0.3, -0.25) is 9.69 Å². The highest BCUT2D eigenvalue weighted by atomic mass is 19.3. The summed E-state index contributed by atoms with van der Waals surface area (Å²) in [6, 6.07) is 10.3. The molecule has 1 aromatic carbocycles. The SMILES string of the molecule is CC(C)(C)OC(=O)N(CC1CC1)c1cc(-c2nc(C(=O)Cc3cn(-c4ccc(CN)cc4)nc3C(F)F)co2)ccn1. The zero-order valence-corrected chi connectivity index (χ0v) is 23.6. The highest BCUT2D eigenvalue weighted by Gasteiger charge is 2.31. The third-order valence-corrected chi connectivity index (χ3v) is 6.63. The van der Waals surface area contributed by atoms with Gasteiger partial charge in [0.15, 0.2) is 5.78 Å². The molecule has 4 aromatic rings. The molecule has 42 heavy (non-hydrogen) atoms. The van der Waals surface area contributed by atoms with Crippen LogP contribution < -0.4 is 10.6 Å². The number of carbonyl (C=O) groups excluding carboxylic acids is 2. The zero-order chi connectivity index (χ0) is 30.0. The molecule has 2 N–H and O–H groups in total. The minimum Gasteiger partial charge on any atom is -0.444 e. The lowest BCUT2D eigenvalue weighted by Crippen LogP contribution is -2.38. The van der Waals surface area contributed by atoms with E-state index in [2.05, 4.69) is 15.1 Å². The fourth-order valence-electron chi connectivity index (χ4n) is 4.29. The van der Waals surface area contributed by atoms with Crippen molar-refractivity contribution < 1.29 is 27.5 Å². The van der Waals surface area contributed by atoms with Crippen LogP contribution in [0.3, 0.4) is 0 Å². The van der Waals surface area contributed by atoms with Crippen molar-refractivity contribution in [3.8, 4) is 17.1 Å². The molecule has 0 spiro atoms. The standard InChI is InChI=1S/C30H32F2N6O4/c1-30(2,3)42-29(40)37(15-19-4-5-19)25-13-20(10-11-34-25)28-35-23(17-41-28)24(39)12-21-16-38(36-26(21)27(31)32)22-8-6-18(14-33)7-9-22/h6-11,13,16-17,19,27H,4-5,12,14-15,33H2,1-3H3. The number of anilines is 1. The number of amides is 1. The molecule has 1 amide bonds. The first-order valence-electron chi connectivity index (χ1n) is 13.6. The van der Waals surface area contributed by atoms with Crippen LogP contribution >= 0.6 is 0 Å². The number of ether oxygens (including phenoxy) is 1. The summed E-state index contributed by atoms with van der Waals surface area (Å²) in [5.74, 6) is 0.362. The first-order chi connectivity index (χ1) is 20.0. The maximum absolute atomic E-state index is 13.8. The Balaban J connectivity index is 1.35. The lowest BCUT2D eigenvalue weighted by molar-refractivity contribution is 0.0577. The van der Waals surface area contributed by atoms with E-state index in [1.54, 1.807) is 57.2 Å². The Morgan fingerprint density at radius 1 is 1.19 bits per heavy atom. The van der Waals surface area contributed by atoms with E-state index in [1.165, 1.54) is 28.2 Å². The molecule has 5 rings (SSSR count). The van der Waals surface area contributed by atoms with Crippen molar-refractivity contribution in [1.29, 1.82) is 0 Å². The van der Waals surface area contributed by atoms with Crippen LogP contribution in [0.25, 0.3) is 17.1 Å². The number of nitrogens with zero attached hydrogens (tertiary/aromatic N) is 5. The lowest BCUT2D eigenvalue weighted by Gasteiger charge is -2.27. The van der Waals surface area contributed by atoms with E-state index in [9.17, 15) is 18.4 Å². The van der Waals surface area contributed by atoms with Gasteiger partial charge in [0, 0.05) is 43.0 Å². The number of rotatable bonds is 10. The van der Waals surface area contributed by atoms with E-state index in [0.29, 0.717) is 36.1 Å². The molecular formula is C30H32F2N6O4. The molecule has 0 aliphatic heterocycles. The van der Waals surface area contributed by atoms with Gasteiger partial charge in [-0.1, -0.05) is 12.1 Å². The zero-order valence-electron chi connectivity index (χ0n) is 23.6. The maximum Gasteiger partial charge on any atom is 0.416 e. The van der Waals surface area contributed by atoms with Crippen LogP contribution in [0.1, 0.15) is 67.3 Å². The summed E-state index contributed by atoms with van der Waals surface area (Å²) >= 11 is 0. The molecule has 1 aliphatic carbocycles. The third-order valence-electron chi connectivity index (χ3n) is 6.63. The van der Waals surface area contributed by atoms with E-state index in [-0.39, 0.29) is 23.6 Å². The Bertz CT molecular complexity index is 1570. The topological polar surface area (TPSA) is 129 Å². The van der Waals surface area contributed by atoms with Gasteiger partial charge >= 0.3 is 6.09 Å². The molecule has 0 radical (unpaired) electrons. The second kappa shape index (κ2) is 11.8. The second-order valence-electron chi connectivity index (χ2n) is 11.2. The largest absolute Gasteiger partial charge is 0.444 e. The van der Waals surface area contributed by atoms with E-state index >= 15 is 0 Å². The number of aromatic nitrogens is 4. The van der Waals surface area contributed by atoms with Crippen molar-refractivity contribution in [1.82, 2.24) is 19.7 Å². The van der Waals surface area contributed by atoms with E-state index < -0.39 is 29.6 Å². The van der Waals surface area contributed by atoms with Crippen molar-refractivity contribution in [3.63, 3.8) is 0 Å². The molecule has 12 heteroatoms. The average Bonchev–Trinajstić information content (AvgIpc) is 3.45. The molecular weight excluding hydrogens is 546 g/mol. The summed E-state index contributed by atoms with van der Waals surface area (Å²) in [5.41, 5.74) is 6.48. The second-order valence-corrected chi connectivity index (χ2v) is 11.2. The van der Waals surface area contributed by atoms with Gasteiger partial charge in [0.2, 0.25) is 5.89 Å². The summed E-state index contributed by atoms with van der Waals surface area (Å²) < 4.78 is 40.1. The third kappa shape index (κ3) is 6.88.